The second-order valence-electron chi connectivity index (χ2n) is 5.64. The van der Waals surface area contributed by atoms with Crippen LogP contribution in [0.5, 0.6) is 0 Å². The fraction of sp³-hybridized carbons (Fsp3) is 0.278. The van der Waals surface area contributed by atoms with Crippen LogP contribution in [0.1, 0.15) is 12.5 Å². The molecule has 1 amide bonds. The molecular formula is C18H19N3O3S. The molecular weight excluding hydrogens is 338 g/mol. The van der Waals surface area contributed by atoms with E-state index in [2.05, 4.69) is 5.32 Å². The highest BCUT2D eigenvalue weighted by Crippen LogP contribution is 2.15. The molecule has 3 rings (SSSR count). The van der Waals surface area contributed by atoms with Crippen molar-refractivity contribution >= 4 is 27.5 Å². The number of hydrogen-bond acceptors (Lipinski definition) is 4. The van der Waals surface area contributed by atoms with Crippen LogP contribution in [0.3, 0.4) is 0 Å². The molecule has 0 aliphatic heterocycles. The van der Waals surface area contributed by atoms with Gasteiger partial charge in [-0.25, -0.2) is 4.79 Å². The number of nitrogens with zero attached hydrogens (tertiary/aromatic N) is 2. The van der Waals surface area contributed by atoms with Crippen molar-refractivity contribution < 1.29 is 4.79 Å². The lowest BCUT2D eigenvalue weighted by Crippen LogP contribution is -2.42. The first kappa shape index (κ1) is 17.2. The Morgan fingerprint density at radius 3 is 2.60 bits per heavy atom. The topological polar surface area (TPSA) is 73.1 Å². The van der Waals surface area contributed by atoms with E-state index in [0.717, 1.165) is 16.6 Å². The number of rotatable bonds is 6. The number of hydrogen-bond donors (Lipinski definition) is 1. The van der Waals surface area contributed by atoms with E-state index < -0.39 is 5.69 Å². The van der Waals surface area contributed by atoms with Gasteiger partial charge in [0.1, 0.15) is 11.2 Å². The lowest BCUT2D eigenvalue weighted by Gasteiger charge is -2.11. The minimum absolute atomic E-state index is 0.0961. The predicted molar refractivity (Wildman–Crippen MR) is 99.2 cm³/mol. The summed E-state index contributed by atoms with van der Waals surface area (Å²) in [6, 6.07) is 11.6. The Labute approximate surface area is 148 Å². The van der Waals surface area contributed by atoms with Crippen LogP contribution in [-0.4, -0.2) is 21.6 Å². The van der Waals surface area contributed by atoms with Gasteiger partial charge in [-0.05, 0) is 30.4 Å². The molecule has 25 heavy (non-hydrogen) atoms. The zero-order valence-corrected chi connectivity index (χ0v) is 14.7. The van der Waals surface area contributed by atoms with Crippen LogP contribution < -0.4 is 16.6 Å². The number of amides is 1. The molecule has 0 radical (unpaired) electrons. The van der Waals surface area contributed by atoms with Gasteiger partial charge in [0.05, 0.1) is 5.52 Å². The molecule has 6 nitrogen and oxygen atoms in total. The van der Waals surface area contributed by atoms with Crippen molar-refractivity contribution in [1.29, 1.82) is 0 Å². The van der Waals surface area contributed by atoms with E-state index in [-0.39, 0.29) is 24.6 Å². The molecule has 0 saturated carbocycles. The van der Waals surface area contributed by atoms with Gasteiger partial charge in [-0.2, -0.15) is 0 Å². The van der Waals surface area contributed by atoms with E-state index in [1.54, 1.807) is 18.4 Å². The van der Waals surface area contributed by atoms with E-state index in [9.17, 15) is 14.4 Å². The molecule has 7 heteroatoms. The van der Waals surface area contributed by atoms with Gasteiger partial charge in [0.2, 0.25) is 5.91 Å². The molecule has 0 spiro atoms. The van der Waals surface area contributed by atoms with Crippen molar-refractivity contribution in [3.05, 3.63) is 68.2 Å². The Bertz CT molecular complexity index is 1000. The number of fused-ring (bicyclic) bond motifs is 1. The van der Waals surface area contributed by atoms with Gasteiger partial charge in [0.25, 0.3) is 5.56 Å². The molecule has 130 valence electrons. The summed E-state index contributed by atoms with van der Waals surface area (Å²) >= 11 is 1.28. The highest BCUT2D eigenvalue weighted by Gasteiger charge is 2.15. The summed E-state index contributed by atoms with van der Waals surface area (Å²) in [6.07, 6.45) is 0.726. The van der Waals surface area contributed by atoms with Gasteiger partial charge in [0.15, 0.2) is 0 Å². The minimum atomic E-state index is -0.448. The molecule has 0 fully saturated rings. The molecule has 0 atom stereocenters. The molecule has 0 unspecified atom stereocenters. The van der Waals surface area contributed by atoms with Crippen LogP contribution in [0.25, 0.3) is 10.2 Å². The molecule has 3 aromatic rings. The Morgan fingerprint density at radius 1 is 1.12 bits per heavy atom. The number of nitrogens with one attached hydrogen (secondary N) is 1. The molecule has 2 aromatic heterocycles. The number of carbonyl (C=O) groups is 1. The zero-order valence-electron chi connectivity index (χ0n) is 13.9. The van der Waals surface area contributed by atoms with Crippen molar-refractivity contribution in [2.75, 3.05) is 6.54 Å². The summed E-state index contributed by atoms with van der Waals surface area (Å²) in [6.45, 7) is 2.42. The van der Waals surface area contributed by atoms with Crippen molar-refractivity contribution in [2.24, 2.45) is 0 Å². The number of thiophene rings is 1. The second kappa shape index (κ2) is 7.48. The van der Waals surface area contributed by atoms with E-state index >= 15 is 0 Å². The summed E-state index contributed by atoms with van der Waals surface area (Å²) in [5.74, 6) is -0.244. The van der Waals surface area contributed by atoms with Crippen LogP contribution in [0.15, 0.2) is 51.4 Å². The maximum atomic E-state index is 12.5. The highest BCUT2D eigenvalue weighted by atomic mass is 32.1. The van der Waals surface area contributed by atoms with Crippen LogP contribution in [0, 0.1) is 0 Å². The monoisotopic (exact) mass is 357 g/mol. The van der Waals surface area contributed by atoms with Crippen LogP contribution in [0.2, 0.25) is 0 Å². The first-order valence-electron chi connectivity index (χ1n) is 8.13. The van der Waals surface area contributed by atoms with Crippen molar-refractivity contribution in [3.8, 4) is 0 Å². The Balaban J connectivity index is 1.76. The standard InChI is InChI=1S/C18H19N3O3S/c1-2-20-17(23)16-14(9-11-25-16)21(18(20)24)12-15(22)19-10-8-13-6-4-3-5-7-13/h3-7,9,11H,2,8,10,12H2,1H3,(H,19,22). The Morgan fingerprint density at radius 2 is 1.88 bits per heavy atom. The third-order valence-corrected chi connectivity index (χ3v) is 4.92. The SMILES string of the molecule is CCn1c(=O)c2sccc2n(CC(=O)NCCc2ccccc2)c1=O. The maximum Gasteiger partial charge on any atom is 0.331 e. The summed E-state index contributed by atoms with van der Waals surface area (Å²) < 4.78 is 3.03. The fourth-order valence-electron chi connectivity index (χ4n) is 2.76. The van der Waals surface area contributed by atoms with Gasteiger partial charge in [-0.1, -0.05) is 30.3 Å². The normalized spacial score (nSPS) is 10.9. The number of benzene rings is 1. The highest BCUT2D eigenvalue weighted by molar-refractivity contribution is 7.17. The second-order valence-corrected chi connectivity index (χ2v) is 6.55. The number of aromatic nitrogens is 2. The van der Waals surface area contributed by atoms with Gasteiger partial charge in [-0.3, -0.25) is 18.7 Å². The lowest BCUT2D eigenvalue weighted by molar-refractivity contribution is -0.121. The first-order valence-corrected chi connectivity index (χ1v) is 9.01. The van der Waals surface area contributed by atoms with Crippen molar-refractivity contribution in [2.45, 2.75) is 26.4 Å². The van der Waals surface area contributed by atoms with E-state index in [0.29, 0.717) is 16.8 Å². The van der Waals surface area contributed by atoms with Crippen molar-refractivity contribution in [3.63, 3.8) is 0 Å². The predicted octanol–water partition coefficient (Wildman–Crippen LogP) is 1.60. The molecule has 0 bridgehead atoms. The summed E-state index contributed by atoms with van der Waals surface area (Å²) in [7, 11) is 0. The molecule has 1 N–H and O–H groups in total. The van der Waals surface area contributed by atoms with Gasteiger partial charge < -0.3 is 5.32 Å². The third kappa shape index (κ3) is 3.56. The summed E-state index contributed by atoms with van der Waals surface area (Å²) in [5.41, 5.74) is 0.914. The van der Waals surface area contributed by atoms with Crippen LogP contribution >= 0.6 is 11.3 Å². The smallest absolute Gasteiger partial charge is 0.331 e. The molecule has 0 aliphatic carbocycles. The van der Waals surface area contributed by atoms with Gasteiger partial charge >= 0.3 is 5.69 Å². The molecule has 1 aromatic carbocycles. The summed E-state index contributed by atoms with van der Waals surface area (Å²) in [4.78, 5) is 37.0. The van der Waals surface area contributed by atoms with Crippen LogP contribution in [-0.2, 0) is 24.3 Å². The lowest BCUT2D eigenvalue weighted by atomic mass is 10.1. The Hall–Kier alpha value is -2.67. The average Bonchev–Trinajstić information content (AvgIpc) is 3.10. The first-order chi connectivity index (χ1) is 12.1. The summed E-state index contributed by atoms with van der Waals surface area (Å²) in [5, 5.41) is 4.59. The molecule has 0 aliphatic rings. The molecule has 0 saturated heterocycles. The van der Waals surface area contributed by atoms with Crippen molar-refractivity contribution in [1.82, 2.24) is 14.5 Å². The van der Waals surface area contributed by atoms with E-state index in [4.69, 9.17) is 0 Å². The molecule has 2 heterocycles. The van der Waals surface area contributed by atoms with E-state index in [1.165, 1.54) is 15.9 Å². The fourth-order valence-corrected chi connectivity index (χ4v) is 3.60. The number of carbonyl (C=O) groups excluding carboxylic acids is 1. The maximum absolute atomic E-state index is 12.5. The largest absolute Gasteiger partial charge is 0.354 e. The van der Waals surface area contributed by atoms with E-state index in [1.807, 2.05) is 30.3 Å². The quantitative estimate of drug-likeness (QED) is 0.728. The van der Waals surface area contributed by atoms with Crippen LogP contribution in [0.4, 0.5) is 0 Å². The van der Waals surface area contributed by atoms with Gasteiger partial charge in [-0.15, -0.1) is 11.3 Å². The average molecular weight is 357 g/mol. The third-order valence-electron chi connectivity index (χ3n) is 4.03. The Kier molecular flexibility index (Phi) is 5.14. The minimum Gasteiger partial charge on any atom is -0.354 e. The zero-order chi connectivity index (χ0) is 17.8. The van der Waals surface area contributed by atoms with Gasteiger partial charge in [0, 0.05) is 13.1 Å².